The number of hydrogen-bond acceptors (Lipinski definition) is 2. The van der Waals surface area contributed by atoms with Crippen LogP contribution < -0.4 is 0 Å². The van der Waals surface area contributed by atoms with Gasteiger partial charge in [-0.2, -0.15) is 0 Å². The molecule has 0 unspecified atom stereocenters. The summed E-state index contributed by atoms with van der Waals surface area (Å²) in [6, 6.07) is 5.37. The van der Waals surface area contributed by atoms with Crippen molar-refractivity contribution >= 4 is 16.6 Å². The highest BCUT2D eigenvalue weighted by molar-refractivity contribution is 6.92. The highest BCUT2D eigenvalue weighted by Gasteiger charge is 2.46. The monoisotopic (exact) mass is 416 g/mol. The van der Waals surface area contributed by atoms with Crippen LogP contribution in [-0.2, 0) is 8.85 Å². The summed E-state index contributed by atoms with van der Waals surface area (Å²) in [5.74, 6) is 0. The first-order valence-electron chi connectivity index (χ1n) is 12.1. The van der Waals surface area contributed by atoms with Crippen LogP contribution in [0.5, 0.6) is 0 Å². The van der Waals surface area contributed by atoms with Crippen LogP contribution in [0.4, 0.5) is 0 Å². The van der Waals surface area contributed by atoms with Crippen molar-refractivity contribution in [1.82, 2.24) is 0 Å². The van der Waals surface area contributed by atoms with E-state index >= 15 is 0 Å². The van der Waals surface area contributed by atoms with Gasteiger partial charge < -0.3 is 8.85 Å². The second-order valence-electron chi connectivity index (χ2n) is 9.29. The normalized spacial score (nSPS) is 13.1. The van der Waals surface area contributed by atoms with E-state index in [4.69, 9.17) is 8.85 Å². The molecule has 0 N–H and O–H groups in total. The molecule has 0 rings (SSSR count). The number of rotatable bonds is 18. The fourth-order valence-electron chi connectivity index (χ4n) is 4.51. The fraction of sp³-hybridized carbons (Fsp3) is 1.00. The third kappa shape index (κ3) is 11.8. The van der Waals surface area contributed by atoms with Gasteiger partial charge in [-0.25, -0.2) is 0 Å². The first kappa shape index (κ1) is 27.4. The minimum absolute atomic E-state index is 0.355. The topological polar surface area (TPSA) is 18.5 Å². The molecule has 27 heavy (non-hydrogen) atoms. The van der Waals surface area contributed by atoms with Crippen molar-refractivity contribution < 1.29 is 8.85 Å². The van der Waals surface area contributed by atoms with Crippen LogP contribution in [0.1, 0.15) is 107 Å². The molecule has 0 bridgehead atoms. The molecule has 2 nitrogen and oxygen atoms in total. The molecule has 0 amide bonds. The summed E-state index contributed by atoms with van der Waals surface area (Å²) in [6.07, 6.45) is 11.2. The molecule has 0 aliphatic carbocycles. The number of hydrogen-bond donors (Lipinski definition) is 0. The van der Waals surface area contributed by atoms with Crippen LogP contribution >= 0.6 is 0 Å². The third-order valence-corrected chi connectivity index (χ3v) is 17.7. The predicted octanol–water partition coefficient (Wildman–Crippen LogP) is 8.47. The standard InChI is InChI=1S/C23H52O2Si2/c1-9-13-17-26(18-14-10-2,24-22(5)6)21-27(19-15-11-3,20-16-12-4)25-23(7)8/h22-23H,9-21H2,1-8H3. The minimum Gasteiger partial charge on any atom is -0.415 e. The molecule has 0 aliphatic rings. The van der Waals surface area contributed by atoms with E-state index in [2.05, 4.69) is 55.4 Å². The summed E-state index contributed by atoms with van der Waals surface area (Å²) >= 11 is 0. The first-order chi connectivity index (χ1) is 12.8. The Morgan fingerprint density at radius 1 is 0.519 bits per heavy atom. The van der Waals surface area contributed by atoms with Crippen LogP contribution in [0, 0.1) is 0 Å². The summed E-state index contributed by atoms with van der Waals surface area (Å²) in [7, 11) is -3.53. The molecular formula is C23H52O2Si2. The Morgan fingerprint density at radius 3 is 0.963 bits per heavy atom. The van der Waals surface area contributed by atoms with E-state index in [0.717, 1.165) is 0 Å². The van der Waals surface area contributed by atoms with Gasteiger partial charge in [-0.05, 0) is 57.5 Å². The van der Waals surface area contributed by atoms with Crippen molar-refractivity contribution in [3.8, 4) is 0 Å². The Hall–Kier alpha value is 0.354. The summed E-state index contributed by atoms with van der Waals surface area (Å²) in [5.41, 5.74) is 1.34. The van der Waals surface area contributed by atoms with Gasteiger partial charge in [0.15, 0.2) is 16.6 Å². The molecular weight excluding hydrogens is 364 g/mol. The van der Waals surface area contributed by atoms with Gasteiger partial charge >= 0.3 is 0 Å². The zero-order valence-corrected chi connectivity index (χ0v) is 22.2. The smallest absolute Gasteiger partial charge is 0.192 e. The molecule has 0 aromatic carbocycles. The van der Waals surface area contributed by atoms with Crippen molar-refractivity contribution in [2.75, 3.05) is 0 Å². The average Bonchev–Trinajstić information content (AvgIpc) is 2.60. The Bertz CT molecular complexity index is 297. The number of unbranched alkanes of at least 4 members (excludes halogenated alkanes) is 4. The molecule has 0 radical (unpaired) electrons. The zero-order chi connectivity index (χ0) is 20.8. The lowest BCUT2D eigenvalue weighted by molar-refractivity contribution is 0.210. The van der Waals surface area contributed by atoms with Crippen molar-refractivity contribution in [3.05, 3.63) is 0 Å². The van der Waals surface area contributed by atoms with E-state index in [9.17, 15) is 0 Å². The molecule has 164 valence electrons. The van der Waals surface area contributed by atoms with Gasteiger partial charge in [0, 0.05) is 12.2 Å². The zero-order valence-electron chi connectivity index (χ0n) is 20.2. The molecule has 0 saturated carbocycles. The molecule has 0 saturated heterocycles. The first-order valence-corrected chi connectivity index (χ1v) is 17.2. The van der Waals surface area contributed by atoms with E-state index in [1.54, 1.807) is 0 Å². The quantitative estimate of drug-likeness (QED) is 0.209. The maximum Gasteiger partial charge on any atom is 0.192 e. The van der Waals surface area contributed by atoms with Crippen LogP contribution in [0.3, 0.4) is 0 Å². The highest BCUT2D eigenvalue weighted by Crippen LogP contribution is 2.39. The van der Waals surface area contributed by atoms with Gasteiger partial charge in [-0.3, -0.25) is 0 Å². The van der Waals surface area contributed by atoms with Gasteiger partial charge in [0.25, 0.3) is 0 Å². The fourth-order valence-corrected chi connectivity index (χ4v) is 19.7. The lowest BCUT2D eigenvalue weighted by Crippen LogP contribution is -2.53. The molecule has 0 heterocycles. The lowest BCUT2D eigenvalue weighted by atomic mass is 10.4. The summed E-state index contributed by atoms with van der Waals surface area (Å²) < 4.78 is 13.9. The van der Waals surface area contributed by atoms with Crippen molar-refractivity contribution in [3.63, 3.8) is 0 Å². The molecule has 0 aliphatic heterocycles. The predicted molar refractivity (Wildman–Crippen MR) is 128 cm³/mol. The Labute approximate surface area is 174 Å². The lowest BCUT2D eigenvalue weighted by Gasteiger charge is -2.43. The van der Waals surface area contributed by atoms with E-state index in [1.807, 2.05) is 0 Å². The summed E-state index contributed by atoms with van der Waals surface area (Å²) in [4.78, 5) is 0. The Balaban J connectivity index is 5.82. The van der Waals surface area contributed by atoms with Gasteiger partial charge in [0.1, 0.15) is 0 Å². The van der Waals surface area contributed by atoms with E-state index < -0.39 is 16.6 Å². The molecule has 0 atom stereocenters. The second kappa shape index (κ2) is 15.2. The summed E-state index contributed by atoms with van der Waals surface area (Å²) in [6.45, 7) is 18.3. The van der Waals surface area contributed by atoms with Crippen LogP contribution in [-0.4, -0.2) is 28.8 Å². The maximum absolute atomic E-state index is 6.93. The van der Waals surface area contributed by atoms with E-state index in [1.165, 1.54) is 81.2 Å². The molecule has 0 fully saturated rings. The van der Waals surface area contributed by atoms with Gasteiger partial charge in [-0.1, -0.05) is 79.1 Å². The van der Waals surface area contributed by atoms with Crippen molar-refractivity contribution in [2.45, 2.75) is 149 Å². The van der Waals surface area contributed by atoms with Crippen LogP contribution in [0.15, 0.2) is 0 Å². The van der Waals surface area contributed by atoms with Gasteiger partial charge in [0.05, 0.1) is 0 Å². The summed E-state index contributed by atoms with van der Waals surface area (Å²) in [5, 5.41) is 0. The highest BCUT2D eigenvalue weighted by atomic mass is 28.4. The largest absolute Gasteiger partial charge is 0.415 e. The average molecular weight is 417 g/mol. The van der Waals surface area contributed by atoms with Crippen LogP contribution in [0.25, 0.3) is 0 Å². The molecule has 0 aromatic heterocycles. The second-order valence-corrected chi connectivity index (χ2v) is 17.9. The Kier molecular flexibility index (Phi) is 15.4. The Morgan fingerprint density at radius 2 is 0.778 bits per heavy atom. The maximum atomic E-state index is 6.93. The van der Waals surface area contributed by atoms with Crippen molar-refractivity contribution in [1.29, 1.82) is 0 Å². The minimum atomic E-state index is -1.77. The van der Waals surface area contributed by atoms with Gasteiger partial charge in [0.2, 0.25) is 0 Å². The SMILES string of the molecule is CCCC[Si](CCCC)(C[Si](CCCC)(CCCC)OC(C)C)OC(C)C. The molecule has 4 heteroatoms. The van der Waals surface area contributed by atoms with Crippen LogP contribution in [0.2, 0.25) is 29.8 Å². The van der Waals surface area contributed by atoms with E-state index in [0.29, 0.717) is 12.2 Å². The molecule has 0 spiro atoms. The third-order valence-electron chi connectivity index (χ3n) is 5.56. The van der Waals surface area contributed by atoms with Gasteiger partial charge in [-0.15, -0.1) is 0 Å². The molecule has 0 aromatic rings. The van der Waals surface area contributed by atoms with Crippen molar-refractivity contribution in [2.24, 2.45) is 0 Å². The van der Waals surface area contributed by atoms with E-state index in [-0.39, 0.29) is 0 Å².